The topological polar surface area (TPSA) is 103 Å². The van der Waals surface area contributed by atoms with E-state index in [1.165, 1.54) is 54.3 Å². The molecule has 0 fully saturated rings. The molecule has 38 heavy (non-hydrogen) atoms. The number of methoxy groups -OCH3 is 1. The molecule has 0 aliphatic carbocycles. The van der Waals surface area contributed by atoms with Gasteiger partial charge < -0.3 is 14.4 Å². The number of carboxylic acids is 1. The van der Waals surface area contributed by atoms with Crippen molar-refractivity contribution >= 4 is 40.5 Å². The molecule has 2 heterocycles. The Balaban J connectivity index is 1.77. The van der Waals surface area contributed by atoms with Gasteiger partial charge in [-0.3, -0.25) is 14.4 Å². The van der Waals surface area contributed by atoms with E-state index in [9.17, 15) is 19.2 Å². The molecule has 0 bridgehead atoms. The SMILES string of the molecule is COc1cn(C(Cc2ccsc2)C(=O)Cc2ccc(C(=O)O)cc2)c(=O)cc1-c1cc(Cl)ccc1C(C)=O. The van der Waals surface area contributed by atoms with E-state index < -0.39 is 17.6 Å². The van der Waals surface area contributed by atoms with E-state index >= 15 is 0 Å². The van der Waals surface area contributed by atoms with Gasteiger partial charge in [0.2, 0.25) is 0 Å². The van der Waals surface area contributed by atoms with Crippen LogP contribution in [0.3, 0.4) is 0 Å². The lowest BCUT2D eigenvalue weighted by atomic mass is 9.96. The van der Waals surface area contributed by atoms with Crippen LogP contribution in [0.5, 0.6) is 5.75 Å². The summed E-state index contributed by atoms with van der Waals surface area (Å²) in [7, 11) is 1.45. The minimum atomic E-state index is -1.05. The summed E-state index contributed by atoms with van der Waals surface area (Å²) in [6.07, 6.45) is 1.78. The molecule has 9 heteroatoms. The Morgan fingerprint density at radius 1 is 1.03 bits per heavy atom. The lowest BCUT2D eigenvalue weighted by Crippen LogP contribution is -2.32. The zero-order valence-corrected chi connectivity index (χ0v) is 22.2. The summed E-state index contributed by atoms with van der Waals surface area (Å²) in [5, 5.41) is 13.4. The largest absolute Gasteiger partial charge is 0.495 e. The molecule has 4 aromatic rings. The lowest BCUT2D eigenvalue weighted by Gasteiger charge is -2.21. The fourth-order valence-electron chi connectivity index (χ4n) is 4.28. The summed E-state index contributed by atoms with van der Waals surface area (Å²) in [5.74, 6) is -1.15. The van der Waals surface area contributed by atoms with E-state index in [2.05, 4.69) is 0 Å². The van der Waals surface area contributed by atoms with Gasteiger partial charge in [-0.2, -0.15) is 11.3 Å². The number of carbonyl (C=O) groups excluding carboxylic acids is 2. The van der Waals surface area contributed by atoms with Crippen molar-refractivity contribution in [2.75, 3.05) is 7.11 Å². The van der Waals surface area contributed by atoms with Crippen molar-refractivity contribution < 1.29 is 24.2 Å². The van der Waals surface area contributed by atoms with Crippen molar-refractivity contribution in [3.05, 3.63) is 109 Å². The van der Waals surface area contributed by atoms with Crippen LogP contribution in [0.15, 0.2) is 76.3 Å². The number of thiophene rings is 1. The number of hydrogen-bond donors (Lipinski definition) is 1. The number of benzene rings is 2. The Bertz CT molecular complexity index is 1560. The zero-order chi connectivity index (χ0) is 27.4. The number of ether oxygens (including phenoxy) is 1. The van der Waals surface area contributed by atoms with Crippen molar-refractivity contribution in [3.63, 3.8) is 0 Å². The Kier molecular flexibility index (Phi) is 8.24. The molecule has 1 N–H and O–H groups in total. The first-order valence-corrected chi connectivity index (χ1v) is 13.0. The molecule has 2 aromatic heterocycles. The maximum Gasteiger partial charge on any atom is 0.335 e. The van der Waals surface area contributed by atoms with Crippen LogP contribution in [0.25, 0.3) is 11.1 Å². The number of hydrogen-bond acceptors (Lipinski definition) is 6. The van der Waals surface area contributed by atoms with Crippen molar-refractivity contribution in [2.24, 2.45) is 0 Å². The summed E-state index contributed by atoms with van der Waals surface area (Å²) in [6.45, 7) is 1.43. The molecular formula is C29H24ClNO6S. The third kappa shape index (κ3) is 5.93. The van der Waals surface area contributed by atoms with Gasteiger partial charge in [0.05, 0.1) is 24.9 Å². The molecule has 4 rings (SSSR count). The van der Waals surface area contributed by atoms with Gasteiger partial charge in [0.15, 0.2) is 11.6 Å². The highest BCUT2D eigenvalue weighted by Crippen LogP contribution is 2.34. The molecule has 0 saturated heterocycles. The highest BCUT2D eigenvalue weighted by atomic mass is 35.5. The van der Waals surface area contributed by atoms with Crippen LogP contribution >= 0.6 is 22.9 Å². The average Bonchev–Trinajstić information content (AvgIpc) is 3.40. The number of aromatic nitrogens is 1. The third-order valence-electron chi connectivity index (χ3n) is 6.21. The first-order valence-electron chi connectivity index (χ1n) is 11.6. The molecule has 7 nitrogen and oxygen atoms in total. The maximum absolute atomic E-state index is 13.6. The molecule has 0 saturated carbocycles. The van der Waals surface area contributed by atoms with Crippen LogP contribution < -0.4 is 10.3 Å². The van der Waals surface area contributed by atoms with E-state index in [-0.39, 0.29) is 30.0 Å². The number of rotatable bonds is 10. The molecule has 1 unspecified atom stereocenters. The second-order valence-electron chi connectivity index (χ2n) is 8.74. The monoisotopic (exact) mass is 549 g/mol. The number of nitrogens with zero attached hydrogens (tertiary/aromatic N) is 1. The molecule has 0 radical (unpaired) electrons. The van der Waals surface area contributed by atoms with E-state index in [0.29, 0.717) is 33.0 Å². The highest BCUT2D eigenvalue weighted by molar-refractivity contribution is 7.07. The highest BCUT2D eigenvalue weighted by Gasteiger charge is 2.25. The van der Waals surface area contributed by atoms with E-state index in [1.807, 2.05) is 16.8 Å². The minimum absolute atomic E-state index is 0.00792. The number of ketones is 2. The number of carboxylic acid groups (broad SMARTS) is 1. The molecule has 0 amide bonds. The van der Waals surface area contributed by atoms with Crippen LogP contribution in [0.2, 0.25) is 5.02 Å². The average molecular weight is 550 g/mol. The summed E-state index contributed by atoms with van der Waals surface area (Å²) >= 11 is 7.69. The number of aromatic carboxylic acids is 1. The smallest absolute Gasteiger partial charge is 0.335 e. The van der Waals surface area contributed by atoms with Crippen LogP contribution in [0.4, 0.5) is 0 Å². The van der Waals surface area contributed by atoms with Gasteiger partial charge in [-0.25, -0.2) is 4.79 Å². The van der Waals surface area contributed by atoms with E-state index in [1.54, 1.807) is 30.3 Å². The second-order valence-corrected chi connectivity index (χ2v) is 9.96. The quantitative estimate of drug-likeness (QED) is 0.253. The van der Waals surface area contributed by atoms with Gasteiger partial charge in [-0.15, -0.1) is 0 Å². The molecule has 0 aliphatic rings. The van der Waals surface area contributed by atoms with Crippen LogP contribution in [-0.2, 0) is 17.6 Å². The molecule has 1 atom stereocenters. The molecule has 2 aromatic carbocycles. The second kappa shape index (κ2) is 11.6. The van der Waals surface area contributed by atoms with Gasteiger partial charge in [0.25, 0.3) is 5.56 Å². The summed E-state index contributed by atoms with van der Waals surface area (Å²) < 4.78 is 6.96. The lowest BCUT2D eigenvalue weighted by molar-refractivity contribution is -0.121. The minimum Gasteiger partial charge on any atom is -0.495 e. The fraction of sp³-hybridized carbons (Fsp3) is 0.172. The summed E-state index contributed by atoms with van der Waals surface area (Å²) in [6, 6.07) is 13.3. The van der Waals surface area contributed by atoms with Crippen molar-refractivity contribution in [1.82, 2.24) is 4.57 Å². The van der Waals surface area contributed by atoms with Crippen molar-refractivity contribution in [2.45, 2.75) is 25.8 Å². The van der Waals surface area contributed by atoms with E-state index in [0.717, 1.165) is 5.56 Å². The molecule has 194 valence electrons. The van der Waals surface area contributed by atoms with Gasteiger partial charge in [-0.1, -0.05) is 23.7 Å². The summed E-state index contributed by atoms with van der Waals surface area (Å²) in [5.41, 5.74) is 2.47. The normalized spacial score (nSPS) is 11.7. The van der Waals surface area contributed by atoms with Gasteiger partial charge in [0.1, 0.15) is 5.75 Å². The first kappa shape index (κ1) is 27.0. The maximum atomic E-state index is 13.6. The van der Waals surface area contributed by atoms with E-state index in [4.69, 9.17) is 21.4 Å². The Morgan fingerprint density at radius 3 is 2.37 bits per heavy atom. The van der Waals surface area contributed by atoms with Gasteiger partial charge in [0, 0.05) is 35.1 Å². The van der Waals surface area contributed by atoms with Crippen molar-refractivity contribution in [3.8, 4) is 16.9 Å². The van der Waals surface area contributed by atoms with Gasteiger partial charge >= 0.3 is 5.97 Å². The Hall–Kier alpha value is -4.01. The molecular weight excluding hydrogens is 526 g/mol. The first-order chi connectivity index (χ1) is 18.2. The number of carbonyl (C=O) groups is 3. The zero-order valence-electron chi connectivity index (χ0n) is 20.6. The molecule has 0 spiro atoms. The number of Topliss-reactive ketones (excluding diaryl/α,β-unsaturated/α-hetero) is 2. The standard InChI is InChI=1S/C29H24ClNO6S/c1-17(32)22-8-7-21(30)13-23(22)24-14-28(34)31(15-27(24)37-2)25(11-19-9-10-38-16-19)26(33)12-18-3-5-20(6-4-18)29(35)36/h3-10,13-16,25H,11-12H2,1-2H3,(H,35,36). The number of pyridine rings is 1. The van der Waals surface area contributed by atoms with Crippen LogP contribution in [-0.4, -0.2) is 34.3 Å². The third-order valence-corrected chi connectivity index (χ3v) is 7.18. The Morgan fingerprint density at radius 2 is 1.76 bits per heavy atom. The van der Waals surface area contributed by atoms with Gasteiger partial charge in [-0.05, 0) is 70.8 Å². The van der Waals surface area contributed by atoms with Crippen LogP contribution in [0, 0.1) is 0 Å². The predicted molar refractivity (Wildman–Crippen MR) is 147 cm³/mol. The Labute approximate surface area is 227 Å². The predicted octanol–water partition coefficient (Wildman–Crippen LogP) is 5.74. The molecule has 0 aliphatic heterocycles. The van der Waals surface area contributed by atoms with Crippen LogP contribution in [0.1, 0.15) is 44.8 Å². The fourth-order valence-corrected chi connectivity index (χ4v) is 5.13. The summed E-state index contributed by atoms with van der Waals surface area (Å²) in [4.78, 5) is 50.5. The number of halogens is 1. The van der Waals surface area contributed by atoms with Crippen molar-refractivity contribution in [1.29, 1.82) is 0 Å².